The van der Waals surface area contributed by atoms with Crippen LogP contribution in [0, 0.1) is 13.8 Å². The van der Waals surface area contributed by atoms with E-state index < -0.39 is 12.8 Å². The number of anilines is 1. The Kier molecular flexibility index (Phi) is 4.44. The Hall–Kier alpha value is -1.41. The number of nitrogens with one attached hydrogen (secondary N) is 1. The quantitative estimate of drug-likeness (QED) is 0.861. The second-order valence-electron chi connectivity index (χ2n) is 4.28. The van der Waals surface area contributed by atoms with Crippen LogP contribution < -0.4 is 5.32 Å². The molecule has 2 rings (SSSR count). The summed E-state index contributed by atoms with van der Waals surface area (Å²) in [5, 5.41) is 3.91. The summed E-state index contributed by atoms with van der Waals surface area (Å²) in [5.74, 6) is 0.632. The first-order chi connectivity index (χ1) is 9.38. The Morgan fingerprint density at radius 2 is 2.05 bits per heavy atom. The first-order valence-corrected chi connectivity index (χ1v) is 6.79. The Morgan fingerprint density at radius 1 is 1.30 bits per heavy atom. The van der Waals surface area contributed by atoms with Crippen LogP contribution in [0.15, 0.2) is 6.33 Å². The second-order valence-corrected chi connectivity index (χ2v) is 5.48. The predicted octanol–water partition coefficient (Wildman–Crippen LogP) is 3.30. The van der Waals surface area contributed by atoms with Gasteiger partial charge in [0.05, 0.1) is 12.0 Å². The van der Waals surface area contributed by atoms with Gasteiger partial charge in [-0.3, -0.25) is 0 Å². The molecule has 0 aromatic carbocycles. The molecule has 0 spiro atoms. The van der Waals surface area contributed by atoms with Crippen LogP contribution in [0.25, 0.3) is 10.2 Å². The topological polar surface area (TPSA) is 47.0 Å². The minimum atomic E-state index is -4.29. The van der Waals surface area contributed by atoms with E-state index in [0.29, 0.717) is 5.82 Å². The van der Waals surface area contributed by atoms with Crippen molar-refractivity contribution < 1.29 is 17.9 Å². The van der Waals surface area contributed by atoms with E-state index in [0.717, 1.165) is 20.7 Å². The molecule has 2 aromatic heterocycles. The van der Waals surface area contributed by atoms with Crippen LogP contribution in [-0.4, -0.2) is 35.9 Å². The highest BCUT2D eigenvalue weighted by molar-refractivity contribution is 7.18. The lowest BCUT2D eigenvalue weighted by molar-refractivity contribution is -0.172. The molecule has 0 unspecified atom stereocenters. The number of halogens is 3. The molecule has 0 bridgehead atoms. The monoisotopic (exact) mass is 305 g/mol. The molecule has 0 radical (unpaired) electrons. The maximum absolute atomic E-state index is 11.9. The number of aromatic nitrogens is 2. The van der Waals surface area contributed by atoms with Crippen molar-refractivity contribution in [3.63, 3.8) is 0 Å². The number of hydrogen-bond donors (Lipinski definition) is 1. The highest BCUT2D eigenvalue weighted by Gasteiger charge is 2.27. The fourth-order valence-corrected chi connectivity index (χ4v) is 2.74. The van der Waals surface area contributed by atoms with Crippen LogP contribution >= 0.6 is 11.3 Å². The molecule has 0 aliphatic heterocycles. The van der Waals surface area contributed by atoms with Gasteiger partial charge in [0.25, 0.3) is 0 Å². The van der Waals surface area contributed by atoms with Gasteiger partial charge in [-0.2, -0.15) is 13.2 Å². The zero-order chi connectivity index (χ0) is 14.8. The fraction of sp³-hybridized carbons (Fsp3) is 0.500. The SMILES string of the molecule is Cc1sc2ncnc(NCCOCC(F)(F)F)c2c1C. The zero-order valence-electron chi connectivity index (χ0n) is 11.0. The number of aryl methyl sites for hydroxylation is 2. The van der Waals surface area contributed by atoms with Gasteiger partial charge in [0.2, 0.25) is 0 Å². The molecule has 2 heterocycles. The normalized spacial score (nSPS) is 12.1. The lowest BCUT2D eigenvalue weighted by Crippen LogP contribution is -2.20. The van der Waals surface area contributed by atoms with E-state index in [2.05, 4.69) is 20.0 Å². The standard InChI is InChI=1S/C12H14F3N3OS/c1-7-8(2)20-11-9(7)10(17-6-18-11)16-3-4-19-5-12(13,14)15/h6H,3-5H2,1-2H3,(H,16,17,18). The summed E-state index contributed by atoms with van der Waals surface area (Å²) in [5.41, 5.74) is 1.09. The summed E-state index contributed by atoms with van der Waals surface area (Å²) in [6.45, 7) is 2.97. The summed E-state index contributed by atoms with van der Waals surface area (Å²) in [4.78, 5) is 10.3. The third-order valence-electron chi connectivity index (χ3n) is 2.77. The number of alkyl halides is 3. The molecule has 0 aliphatic rings. The number of ether oxygens (including phenoxy) is 1. The molecule has 2 aromatic rings. The molecular formula is C12H14F3N3OS. The van der Waals surface area contributed by atoms with Crippen molar-refractivity contribution >= 4 is 27.4 Å². The highest BCUT2D eigenvalue weighted by Crippen LogP contribution is 2.32. The summed E-state index contributed by atoms with van der Waals surface area (Å²) < 4.78 is 40.3. The fourth-order valence-electron chi connectivity index (χ4n) is 1.75. The highest BCUT2D eigenvalue weighted by atomic mass is 32.1. The molecule has 20 heavy (non-hydrogen) atoms. The third-order valence-corrected chi connectivity index (χ3v) is 3.89. The summed E-state index contributed by atoms with van der Waals surface area (Å²) >= 11 is 1.57. The smallest absolute Gasteiger partial charge is 0.370 e. The van der Waals surface area contributed by atoms with Crippen LogP contribution in [0.5, 0.6) is 0 Å². The summed E-state index contributed by atoms with van der Waals surface area (Å²) in [6, 6.07) is 0. The largest absolute Gasteiger partial charge is 0.411 e. The van der Waals surface area contributed by atoms with E-state index in [4.69, 9.17) is 0 Å². The molecular weight excluding hydrogens is 291 g/mol. The van der Waals surface area contributed by atoms with Gasteiger partial charge in [-0.05, 0) is 19.4 Å². The van der Waals surface area contributed by atoms with E-state index in [1.807, 2.05) is 13.8 Å². The summed E-state index contributed by atoms with van der Waals surface area (Å²) in [6.07, 6.45) is -2.85. The number of nitrogens with zero attached hydrogens (tertiary/aromatic N) is 2. The van der Waals surface area contributed by atoms with E-state index in [-0.39, 0.29) is 13.2 Å². The minimum Gasteiger partial charge on any atom is -0.370 e. The van der Waals surface area contributed by atoms with Gasteiger partial charge in [0.1, 0.15) is 23.6 Å². The van der Waals surface area contributed by atoms with Gasteiger partial charge < -0.3 is 10.1 Å². The molecule has 8 heteroatoms. The van der Waals surface area contributed by atoms with Crippen molar-refractivity contribution in [2.75, 3.05) is 25.1 Å². The third kappa shape index (κ3) is 3.57. The zero-order valence-corrected chi connectivity index (χ0v) is 11.9. The van der Waals surface area contributed by atoms with Crippen LogP contribution in [0.2, 0.25) is 0 Å². The van der Waals surface area contributed by atoms with E-state index in [1.165, 1.54) is 6.33 Å². The maximum atomic E-state index is 11.9. The Labute approximate surface area is 118 Å². The van der Waals surface area contributed by atoms with E-state index in [1.54, 1.807) is 11.3 Å². The van der Waals surface area contributed by atoms with Crippen LogP contribution in [-0.2, 0) is 4.74 Å². The molecule has 0 saturated heterocycles. The molecule has 0 aliphatic carbocycles. The predicted molar refractivity (Wildman–Crippen MR) is 72.3 cm³/mol. The number of hydrogen-bond acceptors (Lipinski definition) is 5. The van der Waals surface area contributed by atoms with Crippen molar-refractivity contribution in [2.24, 2.45) is 0 Å². The minimum absolute atomic E-state index is 0.0346. The molecule has 1 N–H and O–H groups in total. The summed E-state index contributed by atoms with van der Waals surface area (Å²) in [7, 11) is 0. The average Bonchev–Trinajstić information content (AvgIpc) is 2.64. The van der Waals surface area contributed by atoms with Crippen LogP contribution in [0.4, 0.5) is 19.0 Å². The van der Waals surface area contributed by atoms with Gasteiger partial charge in [-0.25, -0.2) is 9.97 Å². The first kappa shape index (κ1) is 15.0. The van der Waals surface area contributed by atoms with Crippen molar-refractivity contribution in [1.82, 2.24) is 9.97 Å². The van der Waals surface area contributed by atoms with Crippen molar-refractivity contribution in [3.8, 4) is 0 Å². The number of rotatable bonds is 5. The lowest BCUT2D eigenvalue weighted by atomic mass is 10.2. The van der Waals surface area contributed by atoms with Crippen LogP contribution in [0.1, 0.15) is 10.4 Å². The average molecular weight is 305 g/mol. The maximum Gasteiger partial charge on any atom is 0.411 e. The molecule has 0 amide bonds. The molecule has 0 atom stereocenters. The van der Waals surface area contributed by atoms with Crippen molar-refractivity contribution in [3.05, 3.63) is 16.8 Å². The number of thiophene rings is 1. The van der Waals surface area contributed by atoms with E-state index >= 15 is 0 Å². The van der Waals surface area contributed by atoms with E-state index in [9.17, 15) is 13.2 Å². The van der Waals surface area contributed by atoms with Crippen LogP contribution in [0.3, 0.4) is 0 Å². The van der Waals surface area contributed by atoms with Crippen molar-refractivity contribution in [2.45, 2.75) is 20.0 Å². The van der Waals surface area contributed by atoms with Gasteiger partial charge in [0, 0.05) is 11.4 Å². The lowest BCUT2D eigenvalue weighted by Gasteiger charge is -2.09. The molecule has 0 fully saturated rings. The van der Waals surface area contributed by atoms with Gasteiger partial charge in [0.15, 0.2) is 0 Å². The second kappa shape index (κ2) is 5.92. The van der Waals surface area contributed by atoms with Gasteiger partial charge >= 0.3 is 6.18 Å². The molecule has 110 valence electrons. The first-order valence-electron chi connectivity index (χ1n) is 5.97. The number of fused-ring (bicyclic) bond motifs is 1. The Morgan fingerprint density at radius 3 is 2.75 bits per heavy atom. The van der Waals surface area contributed by atoms with Crippen molar-refractivity contribution in [1.29, 1.82) is 0 Å². The molecule has 4 nitrogen and oxygen atoms in total. The van der Waals surface area contributed by atoms with Gasteiger partial charge in [-0.1, -0.05) is 0 Å². The van der Waals surface area contributed by atoms with Gasteiger partial charge in [-0.15, -0.1) is 11.3 Å². The Balaban J connectivity index is 1.97. The Bertz CT molecular complexity index is 597. The molecule has 0 saturated carbocycles.